The fourth-order valence-corrected chi connectivity index (χ4v) is 5.19. The van der Waals surface area contributed by atoms with Crippen molar-refractivity contribution in [3.8, 4) is 0 Å². The molecule has 2 rings (SSSR count). The molecule has 1 amide bonds. The number of nitrogens with one attached hydrogen (secondary N) is 2. The minimum atomic E-state index is -3.68. The van der Waals surface area contributed by atoms with Crippen LogP contribution in [0.3, 0.4) is 0 Å². The molecule has 0 unspecified atom stereocenters. The van der Waals surface area contributed by atoms with E-state index < -0.39 is 26.0 Å². The Bertz CT molecular complexity index is 1110. The van der Waals surface area contributed by atoms with Gasteiger partial charge in [-0.05, 0) is 42.5 Å². The first-order valence-electron chi connectivity index (χ1n) is 9.28. The summed E-state index contributed by atoms with van der Waals surface area (Å²) < 4.78 is 53.1. The highest BCUT2D eigenvalue weighted by molar-refractivity contribution is 7.89. The molecule has 30 heavy (non-hydrogen) atoms. The van der Waals surface area contributed by atoms with Crippen LogP contribution in [0, 0.1) is 0 Å². The van der Waals surface area contributed by atoms with E-state index >= 15 is 0 Å². The molecule has 0 aromatic heterocycles. The van der Waals surface area contributed by atoms with Gasteiger partial charge in [-0.15, -0.1) is 6.58 Å². The van der Waals surface area contributed by atoms with Crippen molar-refractivity contribution in [3.63, 3.8) is 0 Å². The third kappa shape index (κ3) is 5.54. The molecule has 0 saturated heterocycles. The Kier molecular flexibility index (Phi) is 7.90. The molecule has 0 fully saturated rings. The van der Waals surface area contributed by atoms with E-state index in [-0.39, 0.29) is 21.9 Å². The van der Waals surface area contributed by atoms with Gasteiger partial charge in [-0.2, -0.15) is 4.31 Å². The van der Waals surface area contributed by atoms with E-state index in [1.807, 2.05) is 0 Å². The smallest absolute Gasteiger partial charge is 0.255 e. The van der Waals surface area contributed by atoms with Gasteiger partial charge in [0, 0.05) is 30.9 Å². The van der Waals surface area contributed by atoms with Crippen LogP contribution in [0.2, 0.25) is 0 Å². The lowest BCUT2D eigenvalue weighted by Crippen LogP contribution is -2.30. The maximum atomic E-state index is 12.7. The second kappa shape index (κ2) is 9.98. The van der Waals surface area contributed by atoms with Gasteiger partial charge in [0.25, 0.3) is 5.91 Å². The van der Waals surface area contributed by atoms with Crippen LogP contribution in [0.25, 0.3) is 0 Å². The van der Waals surface area contributed by atoms with Gasteiger partial charge in [0.15, 0.2) is 0 Å². The fourth-order valence-electron chi connectivity index (χ4n) is 2.69. The fraction of sp³-hybridized carbons (Fsp3) is 0.250. The molecule has 0 radical (unpaired) electrons. The molecule has 10 heteroatoms. The zero-order valence-corrected chi connectivity index (χ0v) is 18.5. The van der Waals surface area contributed by atoms with Crippen LogP contribution in [-0.4, -0.2) is 46.7 Å². The number of carbonyl (C=O) groups is 1. The summed E-state index contributed by atoms with van der Waals surface area (Å²) in [5.41, 5.74) is 0.548. The first kappa shape index (κ1) is 23.7. The molecule has 162 valence electrons. The molecule has 0 aliphatic rings. The average Bonchev–Trinajstić information content (AvgIpc) is 2.73. The van der Waals surface area contributed by atoms with Crippen molar-refractivity contribution >= 4 is 31.6 Å². The number of rotatable bonds is 10. The van der Waals surface area contributed by atoms with Crippen molar-refractivity contribution in [1.82, 2.24) is 9.03 Å². The Morgan fingerprint density at radius 1 is 1.00 bits per heavy atom. The van der Waals surface area contributed by atoms with Crippen molar-refractivity contribution < 1.29 is 21.6 Å². The molecule has 2 aromatic rings. The normalized spacial score (nSPS) is 12.0. The number of nitrogens with zero attached hydrogens (tertiary/aromatic N) is 1. The van der Waals surface area contributed by atoms with Gasteiger partial charge in [0.2, 0.25) is 20.0 Å². The number of carbonyl (C=O) groups excluding carboxylic acids is 1. The highest BCUT2D eigenvalue weighted by atomic mass is 32.2. The highest BCUT2D eigenvalue weighted by Gasteiger charge is 2.22. The first-order valence-corrected chi connectivity index (χ1v) is 12.2. The van der Waals surface area contributed by atoms with Crippen molar-refractivity contribution in [3.05, 3.63) is 66.7 Å². The van der Waals surface area contributed by atoms with Gasteiger partial charge in [-0.25, -0.2) is 21.6 Å². The SMILES string of the molecule is C=CCNS(=O)(=O)c1ccc(C(=O)Nc2cccc(S(=O)(=O)N(CC)CC)c2)cc1. The number of hydrogen-bond acceptors (Lipinski definition) is 5. The molecular weight excluding hydrogens is 426 g/mol. The topological polar surface area (TPSA) is 113 Å². The summed E-state index contributed by atoms with van der Waals surface area (Å²) in [4.78, 5) is 12.6. The second-order valence-corrected chi connectivity index (χ2v) is 9.94. The Morgan fingerprint density at radius 2 is 1.63 bits per heavy atom. The molecule has 0 heterocycles. The summed E-state index contributed by atoms with van der Waals surface area (Å²) in [6.45, 7) is 7.74. The zero-order valence-electron chi connectivity index (χ0n) is 16.8. The quantitative estimate of drug-likeness (QED) is 0.539. The summed E-state index contributed by atoms with van der Waals surface area (Å²) >= 11 is 0. The van der Waals surface area contributed by atoms with E-state index in [0.717, 1.165) is 0 Å². The van der Waals surface area contributed by atoms with E-state index in [2.05, 4.69) is 16.6 Å². The number of anilines is 1. The summed E-state index contributed by atoms with van der Waals surface area (Å²) in [6, 6.07) is 11.4. The molecule has 0 saturated carbocycles. The van der Waals surface area contributed by atoms with Gasteiger partial charge in [0.1, 0.15) is 0 Å². The van der Waals surface area contributed by atoms with Gasteiger partial charge >= 0.3 is 0 Å². The zero-order chi connectivity index (χ0) is 22.4. The molecular formula is C20H25N3O5S2. The molecule has 0 bridgehead atoms. The molecule has 0 spiro atoms. The Labute approximate surface area is 177 Å². The van der Waals surface area contributed by atoms with Crippen LogP contribution >= 0.6 is 0 Å². The molecule has 0 atom stereocenters. The molecule has 8 nitrogen and oxygen atoms in total. The highest BCUT2D eigenvalue weighted by Crippen LogP contribution is 2.20. The Hall–Kier alpha value is -2.53. The van der Waals surface area contributed by atoms with Crippen LogP contribution in [0.4, 0.5) is 5.69 Å². The van der Waals surface area contributed by atoms with Crippen LogP contribution in [-0.2, 0) is 20.0 Å². The maximum absolute atomic E-state index is 12.7. The Balaban J connectivity index is 2.20. The third-order valence-electron chi connectivity index (χ3n) is 4.28. The lowest BCUT2D eigenvalue weighted by atomic mass is 10.2. The molecule has 2 aromatic carbocycles. The van der Waals surface area contributed by atoms with E-state index in [9.17, 15) is 21.6 Å². The summed E-state index contributed by atoms with van der Waals surface area (Å²) in [6.07, 6.45) is 1.42. The standard InChI is InChI=1S/C20H25N3O5S2/c1-4-14-21-29(25,26)18-12-10-16(11-13-18)20(24)22-17-8-7-9-19(15-17)30(27,28)23(5-2)6-3/h4,7-13,15,21H,1,5-6,14H2,2-3H3,(H,22,24). The number of amides is 1. The number of hydrogen-bond donors (Lipinski definition) is 2. The van der Waals surface area contributed by atoms with Crippen molar-refractivity contribution in [2.24, 2.45) is 0 Å². The second-order valence-electron chi connectivity index (χ2n) is 6.24. The minimum Gasteiger partial charge on any atom is -0.322 e. The largest absolute Gasteiger partial charge is 0.322 e. The lowest BCUT2D eigenvalue weighted by molar-refractivity contribution is 0.102. The molecule has 2 N–H and O–H groups in total. The summed E-state index contributed by atoms with van der Waals surface area (Å²) in [7, 11) is -7.34. The monoisotopic (exact) mass is 451 g/mol. The molecule has 0 aliphatic heterocycles. The van der Waals surface area contributed by atoms with Gasteiger partial charge < -0.3 is 5.32 Å². The van der Waals surface area contributed by atoms with Crippen LogP contribution in [0.1, 0.15) is 24.2 Å². The van der Waals surface area contributed by atoms with E-state index in [1.54, 1.807) is 26.0 Å². The average molecular weight is 452 g/mol. The summed E-state index contributed by atoms with van der Waals surface area (Å²) in [5, 5.41) is 2.64. The van der Waals surface area contributed by atoms with Crippen LogP contribution < -0.4 is 10.0 Å². The Morgan fingerprint density at radius 3 is 2.20 bits per heavy atom. The maximum Gasteiger partial charge on any atom is 0.255 e. The van der Waals surface area contributed by atoms with Crippen LogP contribution in [0.5, 0.6) is 0 Å². The lowest BCUT2D eigenvalue weighted by Gasteiger charge is -2.18. The van der Waals surface area contributed by atoms with E-state index in [4.69, 9.17) is 0 Å². The van der Waals surface area contributed by atoms with E-state index in [1.165, 1.54) is 46.8 Å². The number of benzene rings is 2. The first-order chi connectivity index (χ1) is 14.2. The van der Waals surface area contributed by atoms with Crippen molar-refractivity contribution in [2.75, 3.05) is 25.0 Å². The van der Waals surface area contributed by atoms with Gasteiger partial charge in [-0.1, -0.05) is 26.0 Å². The van der Waals surface area contributed by atoms with Crippen molar-refractivity contribution in [2.45, 2.75) is 23.6 Å². The predicted molar refractivity (Wildman–Crippen MR) is 116 cm³/mol. The number of sulfonamides is 2. The van der Waals surface area contributed by atoms with Crippen molar-refractivity contribution in [1.29, 1.82) is 0 Å². The van der Waals surface area contributed by atoms with E-state index in [0.29, 0.717) is 18.8 Å². The van der Waals surface area contributed by atoms with Gasteiger partial charge in [-0.3, -0.25) is 4.79 Å². The predicted octanol–water partition coefficient (Wildman–Crippen LogP) is 2.43. The molecule has 0 aliphatic carbocycles. The summed E-state index contributed by atoms with van der Waals surface area (Å²) in [5.74, 6) is -0.490. The van der Waals surface area contributed by atoms with Gasteiger partial charge in [0.05, 0.1) is 9.79 Å². The van der Waals surface area contributed by atoms with Crippen LogP contribution in [0.15, 0.2) is 71.0 Å². The third-order valence-corrected chi connectivity index (χ3v) is 7.76. The minimum absolute atomic E-state index is 0.0215.